The van der Waals surface area contributed by atoms with Gasteiger partial charge in [0.1, 0.15) is 6.04 Å². The minimum absolute atomic E-state index is 0.0874. The molecule has 0 spiro atoms. The van der Waals surface area contributed by atoms with Crippen LogP contribution in [0.25, 0.3) is 0 Å². The molecule has 2 aromatic carbocycles. The van der Waals surface area contributed by atoms with Crippen molar-refractivity contribution in [3.63, 3.8) is 0 Å². The highest BCUT2D eigenvalue weighted by atomic mass is 35.5. The summed E-state index contributed by atoms with van der Waals surface area (Å²) in [6.45, 7) is 4.76. The summed E-state index contributed by atoms with van der Waals surface area (Å²) in [4.78, 5) is 45.8. The van der Waals surface area contributed by atoms with Gasteiger partial charge in [0.15, 0.2) is 0 Å². The molecule has 2 saturated heterocycles. The third kappa shape index (κ3) is 5.73. The van der Waals surface area contributed by atoms with Crippen molar-refractivity contribution < 1.29 is 9.59 Å². The molecule has 2 aliphatic heterocycles. The third-order valence-electron chi connectivity index (χ3n) is 7.04. The summed E-state index contributed by atoms with van der Waals surface area (Å²) in [7, 11) is 3.23. The van der Waals surface area contributed by atoms with Crippen LogP contribution in [0.3, 0.4) is 0 Å². The number of nitrogens with zero attached hydrogens (tertiary/aromatic N) is 6. The van der Waals surface area contributed by atoms with Crippen LogP contribution >= 0.6 is 23.4 Å². The first kappa shape index (κ1) is 27.8. The predicted octanol–water partition coefficient (Wildman–Crippen LogP) is 2.89. The van der Waals surface area contributed by atoms with Gasteiger partial charge >= 0.3 is 0 Å². The number of likely N-dealkylation sites (N-methyl/N-ethyl adjacent to an activating group) is 1. The Labute approximate surface area is 242 Å². The molecule has 40 heavy (non-hydrogen) atoms. The van der Waals surface area contributed by atoms with Crippen LogP contribution in [0.4, 0.5) is 29.2 Å². The monoisotopic (exact) mass is 581 g/mol. The zero-order chi connectivity index (χ0) is 28.2. The summed E-state index contributed by atoms with van der Waals surface area (Å²) in [5.41, 5.74) is 2.98. The van der Waals surface area contributed by atoms with Crippen LogP contribution < -0.4 is 30.7 Å². The number of rotatable bonds is 7. The zero-order valence-electron chi connectivity index (χ0n) is 22.6. The van der Waals surface area contributed by atoms with Crippen LogP contribution in [0.15, 0.2) is 42.5 Å². The SMILES string of the molecule is CNC(=O)c1cccc(C)c1Nc1nc(N2CCN(c3ccccc3Cl)CC2)nc(N2CSC[C@H]2C(=O)NC)n1. The standard InChI is InChI=1S/C27H32ClN9O2S/c1-17-7-6-8-18(23(38)29-2)22(17)31-25-32-26(34-27(33-25)37-16-40-15-21(37)24(39)30-3)36-13-11-35(12-14-36)20-10-5-4-9-19(20)28/h4-10,21H,11-16H2,1-3H3,(H,29,38)(H,30,39)(H,31,32,33,34)/t21-/m0/s1. The molecule has 3 aromatic rings. The fourth-order valence-corrected chi connectivity index (χ4v) is 6.24. The van der Waals surface area contributed by atoms with Crippen LogP contribution in [0.2, 0.25) is 5.02 Å². The van der Waals surface area contributed by atoms with Gasteiger partial charge < -0.3 is 30.7 Å². The van der Waals surface area contributed by atoms with E-state index in [0.29, 0.717) is 53.8 Å². The highest BCUT2D eigenvalue weighted by Crippen LogP contribution is 2.31. The minimum Gasteiger partial charge on any atom is -0.367 e. The fourth-order valence-electron chi connectivity index (χ4n) is 4.83. The molecule has 1 atom stereocenters. The summed E-state index contributed by atoms with van der Waals surface area (Å²) in [5, 5.41) is 9.45. The van der Waals surface area contributed by atoms with Gasteiger partial charge in [-0.3, -0.25) is 9.59 Å². The normalized spacial score (nSPS) is 17.1. The van der Waals surface area contributed by atoms with E-state index in [9.17, 15) is 9.59 Å². The number of amides is 2. The number of carbonyl (C=O) groups is 2. The average molecular weight is 582 g/mol. The first-order chi connectivity index (χ1) is 19.4. The predicted molar refractivity (Wildman–Crippen MR) is 161 cm³/mol. The lowest BCUT2D eigenvalue weighted by Crippen LogP contribution is -2.48. The van der Waals surface area contributed by atoms with Gasteiger partial charge in [0.25, 0.3) is 5.91 Å². The molecule has 2 amide bonds. The average Bonchev–Trinajstić information content (AvgIpc) is 3.48. The van der Waals surface area contributed by atoms with E-state index in [1.807, 2.05) is 48.2 Å². The van der Waals surface area contributed by atoms with Crippen molar-refractivity contribution >= 4 is 64.4 Å². The van der Waals surface area contributed by atoms with Crippen molar-refractivity contribution in [2.75, 3.05) is 71.9 Å². The van der Waals surface area contributed by atoms with Crippen LogP contribution in [-0.4, -0.2) is 84.7 Å². The second-order valence-corrected chi connectivity index (χ2v) is 10.9. The Balaban J connectivity index is 1.48. The maximum Gasteiger partial charge on any atom is 0.253 e. The summed E-state index contributed by atoms with van der Waals surface area (Å²) < 4.78 is 0. The molecule has 0 radical (unpaired) electrons. The first-order valence-electron chi connectivity index (χ1n) is 13.0. The Bertz CT molecular complexity index is 1400. The van der Waals surface area contributed by atoms with E-state index >= 15 is 0 Å². The number of piperazine rings is 1. The van der Waals surface area contributed by atoms with Crippen molar-refractivity contribution in [3.8, 4) is 0 Å². The van der Waals surface area contributed by atoms with Crippen molar-refractivity contribution in [2.45, 2.75) is 13.0 Å². The second-order valence-electron chi connectivity index (χ2n) is 9.49. The largest absolute Gasteiger partial charge is 0.367 e. The van der Waals surface area contributed by atoms with Crippen molar-refractivity contribution in [3.05, 3.63) is 58.6 Å². The number of nitrogens with one attached hydrogen (secondary N) is 3. The second kappa shape index (κ2) is 12.2. The van der Waals surface area contributed by atoms with Gasteiger partial charge in [-0.05, 0) is 30.7 Å². The molecule has 11 nitrogen and oxygen atoms in total. The maximum absolute atomic E-state index is 12.6. The molecular formula is C27H32ClN9O2S. The maximum atomic E-state index is 12.6. The Morgan fingerprint density at radius 1 is 0.925 bits per heavy atom. The minimum atomic E-state index is -0.393. The molecule has 13 heteroatoms. The number of halogens is 1. The molecule has 0 unspecified atom stereocenters. The Morgan fingerprint density at radius 2 is 1.65 bits per heavy atom. The summed E-state index contributed by atoms with van der Waals surface area (Å²) in [6.07, 6.45) is 0. The van der Waals surface area contributed by atoms with Gasteiger partial charge in [0.05, 0.1) is 27.8 Å². The van der Waals surface area contributed by atoms with Crippen LogP contribution in [-0.2, 0) is 4.79 Å². The summed E-state index contributed by atoms with van der Waals surface area (Å²) in [5.74, 6) is 2.14. The summed E-state index contributed by atoms with van der Waals surface area (Å²) >= 11 is 8.10. The van der Waals surface area contributed by atoms with Crippen molar-refractivity contribution in [2.24, 2.45) is 0 Å². The molecule has 0 aliphatic carbocycles. The van der Waals surface area contributed by atoms with Gasteiger partial charge in [-0.2, -0.15) is 15.0 Å². The highest BCUT2D eigenvalue weighted by molar-refractivity contribution is 7.99. The lowest BCUT2D eigenvalue weighted by atomic mass is 10.1. The van der Waals surface area contributed by atoms with E-state index in [-0.39, 0.29) is 11.8 Å². The Hall–Kier alpha value is -3.77. The van der Waals surface area contributed by atoms with Crippen LogP contribution in [0, 0.1) is 6.92 Å². The molecule has 2 aliphatic rings. The van der Waals surface area contributed by atoms with Gasteiger partial charge in [-0.15, -0.1) is 11.8 Å². The number of benzene rings is 2. The lowest BCUT2D eigenvalue weighted by Gasteiger charge is -2.36. The molecule has 0 saturated carbocycles. The first-order valence-corrected chi connectivity index (χ1v) is 14.6. The molecule has 3 N–H and O–H groups in total. The molecule has 5 rings (SSSR count). The number of aromatic nitrogens is 3. The van der Waals surface area contributed by atoms with E-state index in [4.69, 9.17) is 26.6 Å². The molecule has 1 aromatic heterocycles. The van der Waals surface area contributed by atoms with Gasteiger partial charge in [-0.1, -0.05) is 35.9 Å². The van der Waals surface area contributed by atoms with Crippen molar-refractivity contribution in [1.82, 2.24) is 25.6 Å². The number of hydrogen-bond donors (Lipinski definition) is 3. The number of aryl methyl sites for hydroxylation is 1. The van der Waals surface area contributed by atoms with E-state index in [0.717, 1.165) is 29.4 Å². The molecular weight excluding hydrogens is 550 g/mol. The quantitative estimate of drug-likeness (QED) is 0.384. The van der Waals surface area contributed by atoms with Gasteiger partial charge in [0.2, 0.25) is 23.8 Å². The van der Waals surface area contributed by atoms with E-state index in [2.05, 4.69) is 25.8 Å². The Kier molecular flexibility index (Phi) is 8.46. The van der Waals surface area contributed by atoms with E-state index in [1.165, 1.54) is 0 Å². The van der Waals surface area contributed by atoms with Crippen molar-refractivity contribution in [1.29, 1.82) is 0 Å². The van der Waals surface area contributed by atoms with Gasteiger partial charge in [-0.25, -0.2) is 0 Å². The number of para-hydroxylation sites is 2. The lowest BCUT2D eigenvalue weighted by molar-refractivity contribution is -0.121. The number of hydrogen-bond acceptors (Lipinski definition) is 10. The fraction of sp³-hybridized carbons (Fsp3) is 0.370. The zero-order valence-corrected chi connectivity index (χ0v) is 24.2. The van der Waals surface area contributed by atoms with Crippen LogP contribution in [0.5, 0.6) is 0 Å². The van der Waals surface area contributed by atoms with E-state index in [1.54, 1.807) is 31.9 Å². The molecule has 3 heterocycles. The van der Waals surface area contributed by atoms with Gasteiger partial charge in [0, 0.05) is 46.0 Å². The molecule has 210 valence electrons. The third-order valence-corrected chi connectivity index (χ3v) is 8.37. The smallest absolute Gasteiger partial charge is 0.253 e. The van der Waals surface area contributed by atoms with Crippen LogP contribution in [0.1, 0.15) is 15.9 Å². The van der Waals surface area contributed by atoms with E-state index < -0.39 is 6.04 Å². The number of thioether (sulfide) groups is 1. The molecule has 0 bridgehead atoms. The highest BCUT2D eigenvalue weighted by Gasteiger charge is 2.34. The summed E-state index contributed by atoms with van der Waals surface area (Å²) in [6, 6.07) is 13.0. The molecule has 2 fully saturated rings. The number of carbonyl (C=O) groups excluding carboxylic acids is 2. The number of anilines is 5. The Morgan fingerprint density at radius 3 is 2.38 bits per heavy atom. The topological polar surface area (TPSA) is 119 Å².